The molecule has 1 saturated heterocycles. The summed E-state index contributed by atoms with van der Waals surface area (Å²) in [5.41, 5.74) is -1.85. The first-order valence-electron chi connectivity index (χ1n) is 8.33. The first-order valence-corrected chi connectivity index (χ1v) is 9.48. The molecule has 0 aromatic carbocycles. The van der Waals surface area contributed by atoms with E-state index in [1.165, 1.54) is 12.1 Å². The maximum atomic E-state index is 12.8. The molecule has 0 saturated carbocycles. The topological polar surface area (TPSA) is 75.7 Å². The minimum absolute atomic E-state index is 0.101. The van der Waals surface area contributed by atoms with Gasteiger partial charge in [0, 0.05) is 6.07 Å². The van der Waals surface area contributed by atoms with Gasteiger partial charge in [-0.25, -0.2) is 4.98 Å². The van der Waals surface area contributed by atoms with Crippen LogP contribution >= 0.6 is 0 Å². The Morgan fingerprint density at radius 3 is 2.07 bits per heavy atom. The molecule has 2 rings (SSSR count). The summed E-state index contributed by atoms with van der Waals surface area (Å²) in [6.07, 6.45) is -4.98. The fraction of sp³-hybridized carbons (Fsp3) is 0.688. The number of aromatic nitrogens is 1. The van der Waals surface area contributed by atoms with Crippen molar-refractivity contribution >= 4 is 24.1 Å². The van der Waals surface area contributed by atoms with Gasteiger partial charge in [-0.2, -0.15) is 0 Å². The third kappa shape index (κ3) is 5.51. The zero-order valence-electron chi connectivity index (χ0n) is 16.4. The summed E-state index contributed by atoms with van der Waals surface area (Å²) in [7, 11) is -0.969. The minimum atomic E-state index is -4.98. The number of nitrogens with one attached hydrogen (secondary N) is 1. The van der Waals surface area contributed by atoms with Gasteiger partial charge in [0.25, 0.3) is 5.88 Å². The van der Waals surface area contributed by atoms with E-state index in [0.717, 1.165) is 0 Å². The van der Waals surface area contributed by atoms with Gasteiger partial charge >= 0.3 is 13.5 Å². The quantitative estimate of drug-likeness (QED) is 0.610. The van der Waals surface area contributed by atoms with Crippen LogP contribution in [0.1, 0.15) is 48.5 Å². The highest BCUT2D eigenvalue weighted by Crippen LogP contribution is 2.37. The van der Waals surface area contributed by atoms with Crippen LogP contribution < -0.4 is 15.1 Å². The fourth-order valence-corrected chi connectivity index (χ4v) is 3.30. The predicted octanol–water partition coefficient (Wildman–Crippen LogP) is 2.69. The van der Waals surface area contributed by atoms with Crippen LogP contribution in [0, 0.1) is 0 Å². The molecular weight excluding hydrogens is 384 g/mol. The third-order valence-corrected chi connectivity index (χ3v) is 5.66. The maximum Gasteiger partial charge on any atom is 0.574 e. The lowest BCUT2D eigenvalue weighted by molar-refractivity contribution is -0.277. The standard InChI is InChI=1S/C16H24BF3N2O4S/c1-13(2,3)22-27(23)10-8-9-11(21-12(10)24-16(18,19)20)17-25-14(4,5)15(6,7)26-17/h8-9,22H,1-7H3. The van der Waals surface area contributed by atoms with Crippen LogP contribution in [0.15, 0.2) is 17.0 Å². The Bertz CT molecular complexity index is 679. The Kier molecular flexibility index (Phi) is 5.87. The van der Waals surface area contributed by atoms with Crippen LogP contribution in [0.2, 0.25) is 0 Å². The normalized spacial score (nSPS) is 20.6. The molecule has 1 aromatic rings. The van der Waals surface area contributed by atoms with Crippen LogP contribution in [0.3, 0.4) is 0 Å². The summed E-state index contributed by atoms with van der Waals surface area (Å²) in [6.45, 7) is 12.5. The maximum absolute atomic E-state index is 12.8. The van der Waals surface area contributed by atoms with Crippen molar-refractivity contribution < 1.29 is 31.8 Å². The van der Waals surface area contributed by atoms with Gasteiger partial charge in [0.1, 0.15) is 0 Å². The van der Waals surface area contributed by atoms with E-state index in [0.29, 0.717) is 0 Å². The van der Waals surface area contributed by atoms with E-state index >= 15 is 0 Å². The van der Waals surface area contributed by atoms with Crippen molar-refractivity contribution in [1.82, 2.24) is 9.71 Å². The van der Waals surface area contributed by atoms with Gasteiger partial charge in [0.2, 0.25) is 4.90 Å². The van der Waals surface area contributed by atoms with Crippen LogP contribution in [0.4, 0.5) is 13.2 Å². The third-order valence-electron chi connectivity index (χ3n) is 4.15. The van der Waals surface area contributed by atoms with Gasteiger partial charge in [0.15, 0.2) is 0 Å². The Morgan fingerprint density at radius 2 is 1.63 bits per heavy atom. The predicted molar refractivity (Wildman–Crippen MR) is 95.9 cm³/mol. The first kappa shape index (κ1) is 22.3. The molecule has 0 radical (unpaired) electrons. The van der Waals surface area contributed by atoms with Crippen LogP contribution in [-0.2, 0) is 20.7 Å². The molecule has 1 atom stereocenters. The number of pyridine rings is 1. The largest absolute Gasteiger partial charge is 0.593 e. The molecule has 0 bridgehead atoms. The molecule has 11 heteroatoms. The van der Waals surface area contributed by atoms with Crippen molar-refractivity contribution in [3.8, 4) is 5.88 Å². The lowest BCUT2D eigenvalue weighted by Gasteiger charge is -2.32. The molecule has 27 heavy (non-hydrogen) atoms. The van der Waals surface area contributed by atoms with Gasteiger partial charge in [-0.1, -0.05) is 0 Å². The van der Waals surface area contributed by atoms with Gasteiger partial charge < -0.3 is 18.6 Å². The second-order valence-electron chi connectivity index (χ2n) is 8.30. The summed E-state index contributed by atoms with van der Waals surface area (Å²) < 4.78 is 69.3. The number of alkyl halides is 3. The highest BCUT2D eigenvalue weighted by molar-refractivity contribution is 7.89. The molecule has 1 unspecified atom stereocenters. The number of hydrogen-bond donors (Lipinski definition) is 1. The lowest BCUT2D eigenvalue weighted by atomic mass is 9.84. The Morgan fingerprint density at radius 1 is 1.11 bits per heavy atom. The lowest BCUT2D eigenvalue weighted by Crippen LogP contribution is -2.42. The molecule has 1 fully saturated rings. The smallest absolute Gasteiger partial charge is 0.574 e. The molecule has 1 aliphatic rings. The summed E-state index contributed by atoms with van der Waals surface area (Å²) in [5.74, 6) is -0.801. The van der Waals surface area contributed by atoms with E-state index in [-0.39, 0.29) is 10.5 Å². The van der Waals surface area contributed by atoms with E-state index in [1.54, 1.807) is 20.8 Å². The molecular formula is C16H24BF3N2O4S. The van der Waals surface area contributed by atoms with Crippen molar-refractivity contribution in [2.75, 3.05) is 0 Å². The fourth-order valence-electron chi connectivity index (χ4n) is 2.19. The number of halogens is 3. The monoisotopic (exact) mass is 408 g/mol. The van der Waals surface area contributed by atoms with E-state index in [1.807, 2.05) is 27.7 Å². The Balaban J connectivity index is 2.39. The van der Waals surface area contributed by atoms with Gasteiger partial charge in [0.05, 0.1) is 33.7 Å². The van der Waals surface area contributed by atoms with Crippen LogP contribution in [-0.4, -0.2) is 39.8 Å². The highest BCUT2D eigenvalue weighted by Gasteiger charge is 2.52. The first-order chi connectivity index (χ1) is 12.0. The van der Waals surface area contributed by atoms with Gasteiger partial charge in [-0.05, 0) is 54.5 Å². The van der Waals surface area contributed by atoms with Crippen molar-refractivity contribution in [1.29, 1.82) is 0 Å². The molecule has 1 aromatic heterocycles. The van der Waals surface area contributed by atoms with Crippen molar-refractivity contribution in [3.05, 3.63) is 12.1 Å². The van der Waals surface area contributed by atoms with Crippen LogP contribution in [0.25, 0.3) is 0 Å². The second-order valence-corrected chi connectivity index (χ2v) is 9.48. The molecule has 2 heterocycles. The molecule has 0 amide bonds. The number of ether oxygens (including phenoxy) is 1. The van der Waals surface area contributed by atoms with Crippen molar-refractivity contribution in [3.63, 3.8) is 0 Å². The molecule has 1 N–H and O–H groups in total. The summed E-state index contributed by atoms with van der Waals surface area (Å²) in [6, 6.07) is 2.69. The van der Waals surface area contributed by atoms with Crippen molar-refractivity contribution in [2.45, 2.75) is 76.5 Å². The molecule has 1 aliphatic heterocycles. The highest BCUT2D eigenvalue weighted by atomic mass is 32.2. The molecule has 0 aliphatic carbocycles. The Hall–Kier alpha value is -1.01. The average molecular weight is 408 g/mol. The molecule has 152 valence electrons. The zero-order valence-corrected chi connectivity index (χ0v) is 17.2. The van der Waals surface area contributed by atoms with Crippen molar-refractivity contribution in [2.24, 2.45) is 0 Å². The number of nitrogens with zero attached hydrogens (tertiary/aromatic N) is 1. The molecule has 6 nitrogen and oxygen atoms in total. The number of hydrogen-bond acceptors (Lipinski definition) is 6. The second kappa shape index (κ2) is 7.11. The minimum Gasteiger partial charge on any atom is -0.593 e. The van der Waals surface area contributed by atoms with Crippen LogP contribution in [0.5, 0.6) is 5.88 Å². The van der Waals surface area contributed by atoms with E-state index < -0.39 is 47.5 Å². The Labute approximate surface area is 160 Å². The van der Waals surface area contributed by atoms with E-state index in [4.69, 9.17) is 9.31 Å². The molecule has 0 spiro atoms. The average Bonchev–Trinajstić information content (AvgIpc) is 2.63. The SMILES string of the molecule is CC(C)(C)N[S+]([O-])c1ccc(B2OC(C)(C)C(C)(C)O2)nc1OC(F)(F)F. The summed E-state index contributed by atoms with van der Waals surface area (Å²) in [5, 5.41) is 0. The summed E-state index contributed by atoms with van der Waals surface area (Å²) in [4.78, 5) is 3.68. The van der Waals surface area contributed by atoms with E-state index in [9.17, 15) is 17.7 Å². The number of rotatable bonds is 4. The zero-order chi connectivity index (χ0) is 20.8. The van der Waals surface area contributed by atoms with E-state index in [2.05, 4.69) is 14.4 Å². The van der Waals surface area contributed by atoms with Gasteiger partial charge in [-0.3, -0.25) is 0 Å². The van der Waals surface area contributed by atoms with Gasteiger partial charge in [-0.15, -0.1) is 17.9 Å². The summed E-state index contributed by atoms with van der Waals surface area (Å²) >= 11 is -1.96.